The van der Waals surface area contributed by atoms with Crippen LogP contribution in [0.15, 0.2) is 49.0 Å². The number of carbonyl (C=O) groups is 1. The summed E-state index contributed by atoms with van der Waals surface area (Å²) in [5.41, 5.74) is 2.98. The SMILES string of the molecule is C=Cc1ccc(-c2ccc(F)cc2C=O)cc1. The molecule has 0 heterocycles. The lowest BCUT2D eigenvalue weighted by atomic mass is 9.99. The highest BCUT2D eigenvalue weighted by Crippen LogP contribution is 2.24. The Labute approximate surface area is 99.2 Å². The van der Waals surface area contributed by atoms with Gasteiger partial charge in [0.25, 0.3) is 0 Å². The molecular formula is C15H11FO. The number of benzene rings is 2. The van der Waals surface area contributed by atoms with E-state index in [1.54, 1.807) is 12.1 Å². The van der Waals surface area contributed by atoms with Crippen LogP contribution in [0.1, 0.15) is 15.9 Å². The maximum absolute atomic E-state index is 13.0. The second-order valence-corrected chi connectivity index (χ2v) is 3.68. The molecule has 2 aromatic rings. The standard InChI is InChI=1S/C15H11FO/c1-2-11-3-5-12(6-4-11)15-8-7-14(16)9-13(15)10-17/h2-10H,1H2. The molecule has 0 amide bonds. The number of aldehydes is 1. The van der Waals surface area contributed by atoms with Crippen molar-refractivity contribution in [3.8, 4) is 11.1 Å². The van der Waals surface area contributed by atoms with Gasteiger partial charge in [-0.3, -0.25) is 4.79 Å². The molecule has 0 aliphatic carbocycles. The molecule has 0 aliphatic rings. The maximum atomic E-state index is 13.0. The number of rotatable bonds is 3. The van der Waals surface area contributed by atoms with Gasteiger partial charge in [0, 0.05) is 5.56 Å². The molecule has 84 valence electrons. The molecule has 0 aliphatic heterocycles. The monoisotopic (exact) mass is 226 g/mol. The van der Waals surface area contributed by atoms with Gasteiger partial charge in [0.1, 0.15) is 5.82 Å². The first kappa shape index (κ1) is 11.3. The molecule has 0 saturated carbocycles. The van der Waals surface area contributed by atoms with E-state index in [-0.39, 0.29) is 0 Å². The van der Waals surface area contributed by atoms with E-state index in [1.807, 2.05) is 24.3 Å². The van der Waals surface area contributed by atoms with Gasteiger partial charge >= 0.3 is 0 Å². The zero-order chi connectivity index (χ0) is 12.3. The lowest BCUT2D eigenvalue weighted by molar-refractivity contribution is 0.112. The van der Waals surface area contributed by atoms with Gasteiger partial charge in [-0.25, -0.2) is 4.39 Å². The average Bonchev–Trinajstić information content (AvgIpc) is 2.39. The van der Waals surface area contributed by atoms with E-state index in [9.17, 15) is 9.18 Å². The van der Waals surface area contributed by atoms with Crippen molar-refractivity contribution >= 4 is 12.4 Å². The van der Waals surface area contributed by atoms with Crippen molar-refractivity contribution in [2.75, 3.05) is 0 Å². The fraction of sp³-hybridized carbons (Fsp3) is 0. The summed E-state index contributed by atoms with van der Waals surface area (Å²) in [6, 6.07) is 11.8. The van der Waals surface area contributed by atoms with E-state index in [2.05, 4.69) is 6.58 Å². The lowest BCUT2D eigenvalue weighted by Crippen LogP contribution is -1.89. The predicted molar refractivity (Wildman–Crippen MR) is 67.3 cm³/mol. The molecule has 0 unspecified atom stereocenters. The van der Waals surface area contributed by atoms with Crippen LogP contribution in [-0.4, -0.2) is 6.29 Å². The van der Waals surface area contributed by atoms with E-state index >= 15 is 0 Å². The molecule has 0 spiro atoms. The number of hydrogen-bond acceptors (Lipinski definition) is 1. The highest BCUT2D eigenvalue weighted by Gasteiger charge is 2.05. The summed E-state index contributed by atoms with van der Waals surface area (Å²) >= 11 is 0. The summed E-state index contributed by atoms with van der Waals surface area (Å²) in [4.78, 5) is 10.9. The average molecular weight is 226 g/mol. The number of carbonyl (C=O) groups excluding carboxylic acids is 1. The minimum Gasteiger partial charge on any atom is -0.298 e. The van der Waals surface area contributed by atoms with Gasteiger partial charge in [0.15, 0.2) is 6.29 Å². The number of hydrogen-bond donors (Lipinski definition) is 0. The molecule has 2 heteroatoms. The molecule has 0 saturated heterocycles. The Bertz CT molecular complexity index is 556. The first-order chi connectivity index (χ1) is 8.24. The van der Waals surface area contributed by atoms with E-state index in [1.165, 1.54) is 12.1 Å². The molecule has 0 radical (unpaired) electrons. The smallest absolute Gasteiger partial charge is 0.150 e. The van der Waals surface area contributed by atoms with E-state index in [0.717, 1.165) is 16.7 Å². The third kappa shape index (κ3) is 2.31. The van der Waals surface area contributed by atoms with Gasteiger partial charge in [-0.05, 0) is 28.8 Å². The zero-order valence-corrected chi connectivity index (χ0v) is 9.19. The first-order valence-corrected chi connectivity index (χ1v) is 5.22. The van der Waals surface area contributed by atoms with Gasteiger partial charge in [-0.15, -0.1) is 0 Å². The molecule has 17 heavy (non-hydrogen) atoms. The Morgan fingerprint density at radius 2 is 1.76 bits per heavy atom. The third-order valence-electron chi connectivity index (χ3n) is 2.60. The summed E-state index contributed by atoms with van der Waals surface area (Å²) in [5.74, 6) is -0.404. The third-order valence-corrected chi connectivity index (χ3v) is 2.60. The van der Waals surface area contributed by atoms with Crippen LogP contribution < -0.4 is 0 Å². The van der Waals surface area contributed by atoms with Crippen molar-refractivity contribution in [2.24, 2.45) is 0 Å². The molecule has 2 aromatic carbocycles. The summed E-state index contributed by atoms with van der Waals surface area (Å²) < 4.78 is 13.0. The van der Waals surface area contributed by atoms with Crippen LogP contribution in [0.4, 0.5) is 4.39 Å². The Morgan fingerprint density at radius 1 is 1.06 bits per heavy atom. The molecular weight excluding hydrogens is 215 g/mol. The molecule has 0 bridgehead atoms. The van der Waals surface area contributed by atoms with Gasteiger partial charge in [-0.1, -0.05) is 43.0 Å². The van der Waals surface area contributed by atoms with Crippen LogP contribution >= 0.6 is 0 Å². The highest BCUT2D eigenvalue weighted by atomic mass is 19.1. The molecule has 0 atom stereocenters. The van der Waals surface area contributed by atoms with Gasteiger partial charge in [0.2, 0.25) is 0 Å². The zero-order valence-electron chi connectivity index (χ0n) is 9.19. The van der Waals surface area contributed by atoms with Crippen molar-refractivity contribution in [1.29, 1.82) is 0 Å². The van der Waals surface area contributed by atoms with Gasteiger partial charge in [0.05, 0.1) is 0 Å². The van der Waals surface area contributed by atoms with Gasteiger partial charge in [-0.2, -0.15) is 0 Å². The van der Waals surface area contributed by atoms with E-state index < -0.39 is 5.82 Å². The largest absolute Gasteiger partial charge is 0.298 e. The normalized spacial score (nSPS) is 9.94. The Balaban J connectivity index is 2.51. The second kappa shape index (κ2) is 4.74. The van der Waals surface area contributed by atoms with Crippen molar-refractivity contribution in [3.63, 3.8) is 0 Å². The van der Waals surface area contributed by atoms with Crippen LogP contribution in [0.2, 0.25) is 0 Å². The fourth-order valence-electron chi connectivity index (χ4n) is 1.69. The van der Waals surface area contributed by atoms with Crippen molar-refractivity contribution < 1.29 is 9.18 Å². The minimum absolute atomic E-state index is 0.358. The summed E-state index contributed by atoms with van der Waals surface area (Å²) in [5, 5.41) is 0. The Kier molecular flexibility index (Phi) is 3.15. The van der Waals surface area contributed by atoms with Crippen LogP contribution in [0.5, 0.6) is 0 Å². The second-order valence-electron chi connectivity index (χ2n) is 3.68. The summed E-state index contributed by atoms with van der Waals surface area (Å²) in [6.45, 7) is 3.67. The molecule has 0 aromatic heterocycles. The maximum Gasteiger partial charge on any atom is 0.150 e. The number of halogens is 1. The minimum atomic E-state index is -0.404. The van der Waals surface area contributed by atoms with E-state index in [4.69, 9.17) is 0 Å². The highest BCUT2D eigenvalue weighted by molar-refractivity contribution is 5.87. The topological polar surface area (TPSA) is 17.1 Å². The van der Waals surface area contributed by atoms with Crippen molar-refractivity contribution in [2.45, 2.75) is 0 Å². The molecule has 2 rings (SSSR count). The summed E-state index contributed by atoms with van der Waals surface area (Å²) in [7, 11) is 0. The van der Waals surface area contributed by atoms with Gasteiger partial charge < -0.3 is 0 Å². The molecule has 1 nitrogen and oxygen atoms in total. The summed E-state index contributed by atoms with van der Waals surface area (Å²) in [6.07, 6.45) is 2.41. The van der Waals surface area contributed by atoms with Crippen LogP contribution in [0.25, 0.3) is 17.2 Å². The predicted octanol–water partition coefficient (Wildman–Crippen LogP) is 3.95. The Morgan fingerprint density at radius 3 is 2.35 bits per heavy atom. The van der Waals surface area contributed by atoms with Crippen LogP contribution in [0.3, 0.4) is 0 Å². The van der Waals surface area contributed by atoms with Crippen molar-refractivity contribution in [1.82, 2.24) is 0 Å². The Hall–Kier alpha value is -2.22. The molecule has 0 fully saturated rings. The molecule has 0 N–H and O–H groups in total. The van der Waals surface area contributed by atoms with Crippen LogP contribution in [0, 0.1) is 5.82 Å². The van der Waals surface area contributed by atoms with Crippen LogP contribution in [-0.2, 0) is 0 Å². The first-order valence-electron chi connectivity index (χ1n) is 5.22. The quantitative estimate of drug-likeness (QED) is 0.724. The van der Waals surface area contributed by atoms with E-state index in [0.29, 0.717) is 11.8 Å². The fourth-order valence-corrected chi connectivity index (χ4v) is 1.69. The van der Waals surface area contributed by atoms with Crippen molar-refractivity contribution in [3.05, 3.63) is 66.0 Å². The lowest BCUT2D eigenvalue weighted by Gasteiger charge is -2.05.